The van der Waals surface area contributed by atoms with Crippen LogP contribution < -0.4 is 5.32 Å². The van der Waals surface area contributed by atoms with E-state index in [1.807, 2.05) is 32.0 Å². The number of carbonyl (C=O) groups excluding carboxylic acids is 1. The van der Waals surface area contributed by atoms with Gasteiger partial charge in [-0.3, -0.25) is 14.8 Å². The van der Waals surface area contributed by atoms with E-state index in [-0.39, 0.29) is 5.91 Å². The number of carbonyl (C=O) groups is 1. The van der Waals surface area contributed by atoms with Crippen LogP contribution in [0, 0.1) is 13.8 Å². The van der Waals surface area contributed by atoms with Gasteiger partial charge in [0.15, 0.2) is 11.6 Å². The minimum absolute atomic E-state index is 0.245. The highest BCUT2D eigenvalue weighted by molar-refractivity contribution is 6.04. The molecule has 0 aliphatic carbocycles. The van der Waals surface area contributed by atoms with Crippen molar-refractivity contribution in [2.24, 2.45) is 0 Å². The van der Waals surface area contributed by atoms with Gasteiger partial charge >= 0.3 is 0 Å². The molecule has 0 saturated heterocycles. The van der Waals surface area contributed by atoms with Gasteiger partial charge < -0.3 is 9.84 Å². The number of nitrogens with zero attached hydrogens (tertiary/aromatic N) is 4. The molecule has 1 amide bonds. The van der Waals surface area contributed by atoms with E-state index in [9.17, 15) is 4.79 Å². The molecule has 0 radical (unpaired) electrons. The Morgan fingerprint density at radius 3 is 2.57 bits per heavy atom. The summed E-state index contributed by atoms with van der Waals surface area (Å²) in [4.78, 5) is 25.2. The van der Waals surface area contributed by atoms with Crippen molar-refractivity contribution < 1.29 is 9.32 Å². The van der Waals surface area contributed by atoms with E-state index in [0.29, 0.717) is 22.8 Å². The fraction of sp³-hybridized carbons (Fsp3) is 0.0952. The molecule has 0 atom stereocenters. The van der Waals surface area contributed by atoms with Gasteiger partial charge in [0.1, 0.15) is 0 Å². The van der Waals surface area contributed by atoms with Crippen LogP contribution in [0.4, 0.5) is 5.82 Å². The largest absolute Gasteiger partial charge is 0.356 e. The van der Waals surface area contributed by atoms with Gasteiger partial charge in [0.2, 0.25) is 0 Å². The number of aromatic nitrogens is 4. The van der Waals surface area contributed by atoms with Crippen LogP contribution in [0.2, 0.25) is 0 Å². The fourth-order valence-corrected chi connectivity index (χ4v) is 2.86. The van der Waals surface area contributed by atoms with Crippen LogP contribution in [0.5, 0.6) is 0 Å². The van der Waals surface area contributed by atoms with Crippen LogP contribution in [0.3, 0.4) is 0 Å². The molecule has 0 saturated carbocycles. The third kappa shape index (κ3) is 3.50. The zero-order valence-corrected chi connectivity index (χ0v) is 15.4. The number of pyridine rings is 1. The maximum atomic E-state index is 12.4. The van der Waals surface area contributed by atoms with Crippen molar-refractivity contribution in [1.29, 1.82) is 0 Å². The fourth-order valence-electron chi connectivity index (χ4n) is 2.86. The van der Waals surface area contributed by atoms with Crippen LogP contribution in [-0.2, 0) is 0 Å². The molecule has 3 heterocycles. The Kier molecular flexibility index (Phi) is 4.63. The number of benzene rings is 1. The summed E-state index contributed by atoms with van der Waals surface area (Å²) in [6.45, 7) is 3.84. The number of hydrogen-bond donors (Lipinski definition) is 1. The van der Waals surface area contributed by atoms with Gasteiger partial charge in [0.05, 0.1) is 24.3 Å². The summed E-state index contributed by atoms with van der Waals surface area (Å²) in [6, 6.07) is 9.43. The lowest BCUT2D eigenvalue weighted by atomic mass is 10.0. The second kappa shape index (κ2) is 7.40. The Labute approximate surface area is 161 Å². The summed E-state index contributed by atoms with van der Waals surface area (Å²) in [6.07, 6.45) is 8.03. The minimum Gasteiger partial charge on any atom is -0.356 e. The molecule has 7 heteroatoms. The van der Waals surface area contributed by atoms with Gasteiger partial charge in [-0.05, 0) is 37.1 Å². The van der Waals surface area contributed by atoms with Crippen LogP contribution in [-0.4, -0.2) is 26.0 Å². The Morgan fingerprint density at radius 2 is 1.86 bits per heavy atom. The molecule has 1 aromatic carbocycles. The van der Waals surface area contributed by atoms with Gasteiger partial charge in [0.25, 0.3) is 5.91 Å². The molecule has 0 spiro atoms. The Bertz CT molecular complexity index is 1120. The number of rotatable bonds is 4. The SMILES string of the molecule is Cc1cnccc1C(=O)Nc1cnc(-c2cc(-c3ccno3)ccc2C)cn1. The Hall–Kier alpha value is -3.87. The quantitative estimate of drug-likeness (QED) is 0.581. The molecule has 0 aliphatic rings. The summed E-state index contributed by atoms with van der Waals surface area (Å²) in [5.74, 6) is 0.824. The van der Waals surface area contributed by atoms with E-state index in [1.165, 1.54) is 0 Å². The summed E-state index contributed by atoms with van der Waals surface area (Å²) in [5.41, 5.74) is 4.95. The molecule has 0 fully saturated rings. The second-order valence-corrected chi connectivity index (χ2v) is 6.34. The molecule has 4 rings (SSSR count). The molecule has 0 bridgehead atoms. The summed E-state index contributed by atoms with van der Waals surface area (Å²) < 4.78 is 5.23. The van der Waals surface area contributed by atoms with E-state index < -0.39 is 0 Å². The van der Waals surface area contributed by atoms with Crippen LogP contribution >= 0.6 is 0 Å². The number of anilines is 1. The number of nitrogens with one attached hydrogen (secondary N) is 1. The monoisotopic (exact) mass is 371 g/mol. The molecule has 138 valence electrons. The number of hydrogen-bond acceptors (Lipinski definition) is 6. The minimum atomic E-state index is -0.245. The standard InChI is InChI=1S/C21H17N5O2/c1-13-3-4-15(19-6-8-25-28-19)9-17(13)18-11-24-20(12-23-18)26-21(27)16-5-7-22-10-14(16)2/h3-12H,1-2H3,(H,24,26,27). The molecular formula is C21H17N5O2. The molecule has 7 nitrogen and oxygen atoms in total. The lowest BCUT2D eigenvalue weighted by Gasteiger charge is -2.09. The van der Waals surface area contributed by atoms with Crippen molar-refractivity contribution in [3.05, 3.63) is 78.0 Å². The predicted molar refractivity (Wildman–Crippen MR) is 105 cm³/mol. The molecule has 28 heavy (non-hydrogen) atoms. The van der Waals surface area contributed by atoms with Gasteiger partial charge in [-0.25, -0.2) is 4.98 Å². The lowest BCUT2D eigenvalue weighted by Crippen LogP contribution is -2.14. The Morgan fingerprint density at radius 1 is 0.964 bits per heavy atom. The zero-order valence-electron chi connectivity index (χ0n) is 15.4. The molecule has 0 unspecified atom stereocenters. The summed E-state index contributed by atoms with van der Waals surface area (Å²) in [5, 5.41) is 6.51. The van der Waals surface area contributed by atoms with Crippen molar-refractivity contribution in [2.75, 3.05) is 5.32 Å². The number of aryl methyl sites for hydroxylation is 2. The molecule has 1 N–H and O–H groups in total. The average molecular weight is 371 g/mol. The first-order valence-corrected chi connectivity index (χ1v) is 8.68. The first kappa shape index (κ1) is 17.5. The third-order valence-corrected chi connectivity index (χ3v) is 4.39. The van der Waals surface area contributed by atoms with Crippen molar-refractivity contribution in [3.63, 3.8) is 0 Å². The highest BCUT2D eigenvalue weighted by atomic mass is 16.5. The smallest absolute Gasteiger partial charge is 0.257 e. The van der Waals surface area contributed by atoms with E-state index in [0.717, 1.165) is 22.3 Å². The van der Waals surface area contributed by atoms with Crippen LogP contribution in [0.15, 0.2) is 65.8 Å². The second-order valence-electron chi connectivity index (χ2n) is 6.34. The Balaban J connectivity index is 1.58. The van der Waals surface area contributed by atoms with E-state index in [1.54, 1.807) is 43.1 Å². The lowest BCUT2D eigenvalue weighted by molar-refractivity contribution is 0.102. The molecule has 0 aliphatic heterocycles. The van der Waals surface area contributed by atoms with Crippen LogP contribution in [0.25, 0.3) is 22.6 Å². The van der Waals surface area contributed by atoms with E-state index in [2.05, 4.69) is 25.4 Å². The van der Waals surface area contributed by atoms with Gasteiger partial charge in [-0.15, -0.1) is 0 Å². The zero-order chi connectivity index (χ0) is 19.5. The van der Waals surface area contributed by atoms with Crippen molar-refractivity contribution in [3.8, 4) is 22.6 Å². The van der Waals surface area contributed by atoms with Gasteiger partial charge in [-0.1, -0.05) is 17.3 Å². The van der Waals surface area contributed by atoms with Gasteiger partial charge in [0, 0.05) is 35.2 Å². The summed E-state index contributed by atoms with van der Waals surface area (Å²) >= 11 is 0. The first-order chi connectivity index (χ1) is 13.6. The van der Waals surface area contributed by atoms with Crippen molar-refractivity contribution in [2.45, 2.75) is 13.8 Å². The third-order valence-electron chi connectivity index (χ3n) is 4.39. The summed E-state index contributed by atoms with van der Waals surface area (Å²) in [7, 11) is 0. The van der Waals surface area contributed by atoms with Gasteiger partial charge in [-0.2, -0.15) is 0 Å². The normalized spacial score (nSPS) is 10.6. The molecule has 4 aromatic rings. The molecular weight excluding hydrogens is 354 g/mol. The van der Waals surface area contributed by atoms with Crippen molar-refractivity contribution >= 4 is 11.7 Å². The topological polar surface area (TPSA) is 93.8 Å². The highest BCUT2D eigenvalue weighted by Crippen LogP contribution is 2.28. The van der Waals surface area contributed by atoms with Crippen molar-refractivity contribution in [1.82, 2.24) is 20.1 Å². The maximum absolute atomic E-state index is 12.4. The molecule has 3 aromatic heterocycles. The van der Waals surface area contributed by atoms with E-state index in [4.69, 9.17) is 4.52 Å². The number of amides is 1. The first-order valence-electron chi connectivity index (χ1n) is 8.68. The average Bonchev–Trinajstić information content (AvgIpc) is 3.24. The maximum Gasteiger partial charge on any atom is 0.257 e. The highest BCUT2D eigenvalue weighted by Gasteiger charge is 2.12. The van der Waals surface area contributed by atoms with Crippen LogP contribution in [0.1, 0.15) is 21.5 Å². The van der Waals surface area contributed by atoms with E-state index >= 15 is 0 Å². The predicted octanol–water partition coefficient (Wildman–Crippen LogP) is 4.06.